The van der Waals surface area contributed by atoms with Crippen molar-refractivity contribution in [3.8, 4) is 11.8 Å². The zero-order valence-corrected chi connectivity index (χ0v) is 20.9. The molecule has 2 aliphatic heterocycles. The fourth-order valence-electron chi connectivity index (χ4n) is 5.14. The van der Waals surface area contributed by atoms with E-state index in [0.29, 0.717) is 49.4 Å². The van der Waals surface area contributed by atoms with Gasteiger partial charge in [-0.25, -0.2) is 13.2 Å². The highest BCUT2D eigenvalue weighted by Gasteiger charge is 2.38. The van der Waals surface area contributed by atoms with Crippen LogP contribution in [0.4, 0.5) is 10.5 Å². The van der Waals surface area contributed by atoms with Crippen LogP contribution < -0.4 is 14.8 Å². The second-order valence-corrected chi connectivity index (χ2v) is 11.4. The molecule has 0 aliphatic carbocycles. The summed E-state index contributed by atoms with van der Waals surface area (Å²) in [6.45, 7) is 2.77. The molecule has 2 N–H and O–H groups in total. The summed E-state index contributed by atoms with van der Waals surface area (Å²) in [5, 5.41) is 11.2. The third-order valence-corrected chi connectivity index (χ3v) is 8.86. The van der Waals surface area contributed by atoms with Gasteiger partial charge in [0.15, 0.2) is 0 Å². The summed E-state index contributed by atoms with van der Waals surface area (Å²) in [5.74, 6) is 0.684. The molecule has 0 radical (unpaired) electrons. The minimum absolute atomic E-state index is 0.00814. The van der Waals surface area contributed by atoms with Crippen LogP contribution in [0.3, 0.4) is 0 Å². The molecule has 2 heterocycles. The van der Waals surface area contributed by atoms with Crippen LogP contribution >= 0.6 is 0 Å². The summed E-state index contributed by atoms with van der Waals surface area (Å²) >= 11 is 0. The summed E-state index contributed by atoms with van der Waals surface area (Å²) in [4.78, 5) is 13.0. The van der Waals surface area contributed by atoms with Gasteiger partial charge in [-0.1, -0.05) is 18.2 Å². The average molecular weight is 505 g/mol. The highest BCUT2D eigenvalue weighted by molar-refractivity contribution is 7.92. The number of nitrogens with zero attached hydrogens (tertiary/aromatic N) is 3. The first-order valence-electron chi connectivity index (χ1n) is 12.1. The summed E-state index contributed by atoms with van der Waals surface area (Å²) in [5.41, 5.74) is 8.40. The molecular weight excluding hydrogens is 476 g/mol. The number of amides is 2. The summed E-state index contributed by atoms with van der Waals surface area (Å²) in [6, 6.07) is 18.4. The quantitative estimate of drug-likeness (QED) is 0.562. The van der Waals surface area contributed by atoms with E-state index < -0.39 is 16.1 Å². The molecule has 3 aromatic carbocycles. The first-order chi connectivity index (χ1) is 17.3. The van der Waals surface area contributed by atoms with Crippen molar-refractivity contribution in [2.24, 2.45) is 5.73 Å². The van der Waals surface area contributed by atoms with Gasteiger partial charge in [0.05, 0.1) is 29.1 Å². The van der Waals surface area contributed by atoms with Gasteiger partial charge in [0.1, 0.15) is 11.9 Å². The number of rotatable bonds is 5. The Labute approximate surface area is 210 Å². The molecule has 1 unspecified atom stereocenters. The zero-order chi connectivity index (χ0) is 25.4. The van der Waals surface area contributed by atoms with E-state index in [0.717, 1.165) is 21.9 Å². The van der Waals surface area contributed by atoms with Crippen LogP contribution in [0, 0.1) is 11.3 Å². The summed E-state index contributed by atoms with van der Waals surface area (Å²) in [6.07, 6.45) is 1.89. The lowest BCUT2D eigenvalue weighted by Crippen LogP contribution is -2.44. The van der Waals surface area contributed by atoms with Crippen LogP contribution in [0.25, 0.3) is 10.8 Å². The molecular formula is C27H28N4O4S. The average Bonchev–Trinajstić information content (AvgIpc) is 3.28. The lowest BCUT2D eigenvalue weighted by molar-refractivity contribution is 0.114. The molecule has 3 aromatic rings. The van der Waals surface area contributed by atoms with Crippen LogP contribution in [0.2, 0.25) is 0 Å². The Hall–Kier alpha value is -3.77. The van der Waals surface area contributed by atoms with Gasteiger partial charge in [-0.2, -0.15) is 5.26 Å². The molecule has 1 fully saturated rings. The summed E-state index contributed by atoms with van der Waals surface area (Å²) < 4.78 is 34.2. The van der Waals surface area contributed by atoms with Gasteiger partial charge in [0.2, 0.25) is 10.0 Å². The number of nitrogens with two attached hydrogens (primary N) is 1. The van der Waals surface area contributed by atoms with Gasteiger partial charge >= 0.3 is 6.03 Å². The van der Waals surface area contributed by atoms with E-state index >= 15 is 0 Å². The highest BCUT2D eigenvalue weighted by Crippen LogP contribution is 2.44. The summed E-state index contributed by atoms with van der Waals surface area (Å²) in [7, 11) is -3.54. The molecule has 36 heavy (non-hydrogen) atoms. The number of benzene rings is 3. The largest absolute Gasteiger partial charge is 0.490 e. The van der Waals surface area contributed by atoms with Gasteiger partial charge < -0.3 is 15.4 Å². The molecule has 8 nitrogen and oxygen atoms in total. The molecule has 9 heteroatoms. The van der Waals surface area contributed by atoms with Gasteiger partial charge in [-0.05, 0) is 65.2 Å². The number of hydrogen-bond acceptors (Lipinski definition) is 5. The fraction of sp³-hybridized carbons (Fsp3) is 0.333. The number of urea groups is 1. The molecule has 0 saturated carbocycles. The van der Waals surface area contributed by atoms with Crippen molar-refractivity contribution in [1.29, 1.82) is 5.26 Å². The monoisotopic (exact) mass is 504 g/mol. The number of ether oxygens (including phenoxy) is 1. The molecule has 0 spiro atoms. The van der Waals surface area contributed by atoms with Crippen molar-refractivity contribution in [1.82, 2.24) is 4.90 Å². The number of nitriles is 1. The van der Waals surface area contributed by atoms with E-state index in [1.54, 1.807) is 17.9 Å². The van der Waals surface area contributed by atoms with Gasteiger partial charge in [0.25, 0.3) is 0 Å². The molecule has 186 valence electrons. The molecule has 5 rings (SSSR count). The first-order valence-corrected chi connectivity index (χ1v) is 13.7. The van der Waals surface area contributed by atoms with Crippen LogP contribution in [-0.4, -0.2) is 44.3 Å². The first kappa shape index (κ1) is 23.9. The second-order valence-electron chi connectivity index (χ2n) is 9.28. The Bertz CT molecular complexity index is 1470. The number of sulfonamides is 1. The lowest BCUT2D eigenvalue weighted by atomic mass is 9.98. The Balaban J connectivity index is 1.45. The van der Waals surface area contributed by atoms with Crippen molar-refractivity contribution in [2.75, 3.05) is 23.1 Å². The van der Waals surface area contributed by atoms with Crippen molar-refractivity contribution in [3.63, 3.8) is 0 Å². The van der Waals surface area contributed by atoms with Crippen LogP contribution in [-0.2, 0) is 16.4 Å². The number of carbonyl (C=O) groups is 1. The van der Waals surface area contributed by atoms with Crippen molar-refractivity contribution >= 4 is 32.5 Å². The maximum Gasteiger partial charge on any atom is 0.314 e. The van der Waals surface area contributed by atoms with E-state index in [1.807, 2.05) is 48.5 Å². The number of fused-ring (bicyclic) bond motifs is 2. The standard InChI is InChI=1S/C27H28N4O4S/c1-2-36(33,34)31-25-8-7-24(35-23-9-11-30(12-10-23)27(29)32)15-22(25)16-26(31)20-6-5-19-4-3-18(17-28)13-21(19)14-20/h3-8,13-15,23,26H,2,9-12,16H2,1H3,(H2,29,32). The Morgan fingerprint density at radius 1 is 1.08 bits per heavy atom. The predicted octanol–water partition coefficient (Wildman–Crippen LogP) is 4.09. The molecule has 2 amide bonds. The minimum Gasteiger partial charge on any atom is -0.490 e. The number of hydrogen-bond donors (Lipinski definition) is 1. The van der Waals surface area contributed by atoms with Crippen molar-refractivity contribution in [2.45, 2.75) is 38.3 Å². The number of likely N-dealkylation sites (tertiary alicyclic amines) is 1. The maximum atomic E-state index is 13.2. The predicted molar refractivity (Wildman–Crippen MR) is 138 cm³/mol. The third kappa shape index (κ3) is 4.44. The smallest absolute Gasteiger partial charge is 0.314 e. The van der Waals surface area contributed by atoms with Crippen LogP contribution in [0.5, 0.6) is 5.75 Å². The third-order valence-electron chi connectivity index (χ3n) is 7.08. The number of anilines is 1. The van der Waals surface area contributed by atoms with E-state index in [9.17, 15) is 18.5 Å². The zero-order valence-electron chi connectivity index (χ0n) is 20.1. The minimum atomic E-state index is -3.54. The van der Waals surface area contributed by atoms with E-state index in [1.165, 1.54) is 4.31 Å². The normalized spacial score (nSPS) is 18.2. The highest BCUT2D eigenvalue weighted by atomic mass is 32.2. The van der Waals surface area contributed by atoms with E-state index in [2.05, 4.69) is 6.07 Å². The number of piperidine rings is 1. The lowest BCUT2D eigenvalue weighted by Gasteiger charge is -2.31. The molecule has 1 saturated heterocycles. The fourth-order valence-corrected chi connectivity index (χ4v) is 6.48. The van der Waals surface area contributed by atoms with Crippen molar-refractivity contribution < 1.29 is 17.9 Å². The van der Waals surface area contributed by atoms with E-state index in [4.69, 9.17) is 10.5 Å². The van der Waals surface area contributed by atoms with Gasteiger partial charge in [0, 0.05) is 32.4 Å². The molecule has 2 aliphatic rings. The van der Waals surface area contributed by atoms with Crippen LogP contribution in [0.1, 0.15) is 42.5 Å². The van der Waals surface area contributed by atoms with Crippen molar-refractivity contribution in [3.05, 3.63) is 71.3 Å². The number of primary amides is 1. The molecule has 0 aromatic heterocycles. The molecule has 1 atom stereocenters. The maximum absolute atomic E-state index is 13.2. The topological polar surface area (TPSA) is 117 Å². The van der Waals surface area contributed by atoms with Crippen LogP contribution in [0.15, 0.2) is 54.6 Å². The van der Waals surface area contributed by atoms with Gasteiger partial charge in [-0.15, -0.1) is 0 Å². The van der Waals surface area contributed by atoms with Gasteiger partial charge in [-0.3, -0.25) is 4.31 Å². The Kier molecular flexibility index (Phi) is 6.22. The second kappa shape index (κ2) is 9.36. The Morgan fingerprint density at radius 2 is 1.83 bits per heavy atom. The Morgan fingerprint density at radius 3 is 2.53 bits per heavy atom. The molecule has 0 bridgehead atoms. The SMILES string of the molecule is CCS(=O)(=O)N1c2ccc(OC3CCN(C(N)=O)CC3)cc2CC1c1ccc2ccc(C#N)cc2c1. The number of carbonyl (C=O) groups excluding carboxylic acids is 1. The van der Waals surface area contributed by atoms with E-state index in [-0.39, 0.29) is 17.9 Å².